The van der Waals surface area contributed by atoms with Crippen LogP contribution in [-0.4, -0.2) is 4.98 Å². The largest absolute Gasteiger partial charge is 0.245 e. The molecule has 0 unspecified atom stereocenters. The van der Waals surface area contributed by atoms with Gasteiger partial charge in [0, 0.05) is 6.20 Å². The van der Waals surface area contributed by atoms with Gasteiger partial charge in [0.15, 0.2) is 0 Å². The standard InChI is InChI=1S/C17H20ClN/c1-11-8-14(17(3,4)5)9-12(2)16(11)13-6-7-19-15(18)10-13/h6-10H,1-5H3. The van der Waals surface area contributed by atoms with Gasteiger partial charge >= 0.3 is 0 Å². The SMILES string of the molecule is Cc1cc(C(C)(C)C)cc(C)c1-c1ccnc(Cl)c1. The van der Waals surface area contributed by atoms with Crippen LogP contribution in [-0.2, 0) is 5.41 Å². The van der Waals surface area contributed by atoms with Crippen LogP contribution in [0.2, 0.25) is 5.15 Å². The van der Waals surface area contributed by atoms with Crippen LogP contribution in [0.1, 0.15) is 37.5 Å². The zero-order valence-electron chi connectivity index (χ0n) is 12.2. The van der Waals surface area contributed by atoms with Gasteiger partial charge in [0.05, 0.1) is 0 Å². The Kier molecular flexibility index (Phi) is 3.69. The van der Waals surface area contributed by atoms with Crippen molar-refractivity contribution in [1.82, 2.24) is 4.98 Å². The second kappa shape index (κ2) is 4.97. The molecule has 1 aromatic heterocycles. The first-order valence-corrected chi connectivity index (χ1v) is 6.90. The monoisotopic (exact) mass is 273 g/mol. The van der Waals surface area contributed by atoms with E-state index < -0.39 is 0 Å². The molecule has 0 N–H and O–H groups in total. The van der Waals surface area contributed by atoms with Gasteiger partial charge in [-0.1, -0.05) is 44.5 Å². The van der Waals surface area contributed by atoms with Crippen molar-refractivity contribution in [3.63, 3.8) is 0 Å². The molecule has 1 heterocycles. The first kappa shape index (κ1) is 14.1. The second-order valence-electron chi connectivity index (χ2n) is 6.10. The molecule has 1 nitrogen and oxygen atoms in total. The average molecular weight is 274 g/mol. The smallest absolute Gasteiger partial charge is 0.129 e. The van der Waals surface area contributed by atoms with Crippen LogP contribution < -0.4 is 0 Å². The van der Waals surface area contributed by atoms with E-state index in [1.165, 1.54) is 22.3 Å². The van der Waals surface area contributed by atoms with E-state index in [2.05, 4.69) is 51.7 Å². The summed E-state index contributed by atoms with van der Waals surface area (Å²) in [4.78, 5) is 4.05. The van der Waals surface area contributed by atoms with Crippen molar-refractivity contribution in [1.29, 1.82) is 0 Å². The van der Waals surface area contributed by atoms with Crippen molar-refractivity contribution >= 4 is 11.6 Å². The number of hydrogen-bond acceptors (Lipinski definition) is 1. The number of hydrogen-bond donors (Lipinski definition) is 0. The summed E-state index contributed by atoms with van der Waals surface area (Å²) >= 11 is 5.99. The summed E-state index contributed by atoms with van der Waals surface area (Å²) in [5.41, 5.74) is 6.50. The van der Waals surface area contributed by atoms with E-state index in [0.29, 0.717) is 5.15 Å². The number of halogens is 1. The quantitative estimate of drug-likeness (QED) is 0.641. The van der Waals surface area contributed by atoms with Gasteiger partial charge in [-0.15, -0.1) is 0 Å². The Hall–Kier alpha value is -1.34. The number of rotatable bonds is 1. The minimum absolute atomic E-state index is 0.171. The van der Waals surface area contributed by atoms with Crippen LogP contribution in [0, 0.1) is 13.8 Å². The van der Waals surface area contributed by atoms with E-state index in [0.717, 1.165) is 5.56 Å². The second-order valence-corrected chi connectivity index (χ2v) is 6.49. The molecule has 19 heavy (non-hydrogen) atoms. The van der Waals surface area contributed by atoms with Crippen LogP contribution in [0.15, 0.2) is 30.5 Å². The highest BCUT2D eigenvalue weighted by molar-refractivity contribution is 6.29. The Labute approximate surface area is 120 Å². The molecule has 0 amide bonds. The van der Waals surface area contributed by atoms with Gasteiger partial charge < -0.3 is 0 Å². The van der Waals surface area contributed by atoms with Gasteiger partial charge in [0.2, 0.25) is 0 Å². The van der Waals surface area contributed by atoms with Crippen LogP contribution in [0.25, 0.3) is 11.1 Å². The molecule has 100 valence electrons. The third kappa shape index (κ3) is 2.98. The zero-order chi connectivity index (χ0) is 14.2. The van der Waals surface area contributed by atoms with Crippen molar-refractivity contribution < 1.29 is 0 Å². The highest BCUT2D eigenvalue weighted by atomic mass is 35.5. The predicted octanol–water partition coefficient (Wildman–Crippen LogP) is 5.32. The molecule has 0 fully saturated rings. The Balaban J connectivity index is 2.60. The fourth-order valence-electron chi connectivity index (χ4n) is 2.41. The number of nitrogens with zero attached hydrogens (tertiary/aromatic N) is 1. The van der Waals surface area contributed by atoms with E-state index in [1.807, 2.05) is 12.1 Å². The van der Waals surface area contributed by atoms with Crippen molar-refractivity contribution in [2.75, 3.05) is 0 Å². The summed E-state index contributed by atoms with van der Waals surface area (Å²) < 4.78 is 0. The van der Waals surface area contributed by atoms with Crippen LogP contribution in [0.3, 0.4) is 0 Å². The van der Waals surface area contributed by atoms with Gasteiger partial charge in [-0.05, 0) is 59.2 Å². The molecular formula is C17H20ClN. The van der Waals surface area contributed by atoms with Gasteiger partial charge in [-0.3, -0.25) is 0 Å². The molecular weight excluding hydrogens is 254 g/mol. The molecule has 0 aliphatic rings. The third-order valence-corrected chi connectivity index (χ3v) is 3.62. The lowest BCUT2D eigenvalue weighted by molar-refractivity contribution is 0.589. The normalized spacial score (nSPS) is 11.7. The number of pyridine rings is 1. The number of aromatic nitrogens is 1. The highest BCUT2D eigenvalue weighted by Crippen LogP contribution is 2.33. The third-order valence-electron chi connectivity index (χ3n) is 3.41. The first-order valence-electron chi connectivity index (χ1n) is 6.52. The fourth-order valence-corrected chi connectivity index (χ4v) is 2.58. The zero-order valence-corrected chi connectivity index (χ0v) is 13.0. The molecule has 2 heteroatoms. The Bertz CT molecular complexity index is 586. The van der Waals surface area contributed by atoms with Crippen molar-refractivity contribution in [3.05, 3.63) is 52.3 Å². The summed E-state index contributed by atoms with van der Waals surface area (Å²) in [5, 5.41) is 0.538. The van der Waals surface area contributed by atoms with E-state index >= 15 is 0 Å². The maximum Gasteiger partial charge on any atom is 0.129 e. The molecule has 0 aliphatic carbocycles. The van der Waals surface area contributed by atoms with Crippen molar-refractivity contribution in [3.8, 4) is 11.1 Å². The lowest BCUT2D eigenvalue weighted by atomic mass is 9.83. The van der Waals surface area contributed by atoms with Crippen LogP contribution in [0.5, 0.6) is 0 Å². The minimum atomic E-state index is 0.171. The number of benzene rings is 1. The summed E-state index contributed by atoms with van der Waals surface area (Å²) in [7, 11) is 0. The lowest BCUT2D eigenvalue weighted by Gasteiger charge is -2.22. The van der Waals surface area contributed by atoms with E-state index in [-0.39, 0.29) is 5.41 Å². The van der Waals surface area contributed by atoms with Gasteiger partial charge in [-0.2, -0.15) is 0 Å². The van der Waals surface area contributed by atoms with Crippen LogP contribution >= 0.6 is 11.6 Å². The number of aryl methyl sites for hydroxylation is 2. The molecule has 0 radical (unpaired) electrons. The summed E-state index contributed by atoms with van der Waals surface area (Å²) in [6.07, 6.45) is 1.76. The predicted molar refractivity (Wildman–Crippen MR) is 82.9 cm³/mol. The Morgan fingerprint density at radius 1 is 1.00 bits per heavy atom. The molecule has 2 rings (SSSR count). The molecule has 0 saturated heterocycles. The first-order chi connectivity index (χ1) is 8.79. The lowest BCUT2D eigenvalue weighted by Crippen LogP contribution is -2.12. The van der Waals surface area contributed by atoms with E-state index in [9.17, 15) is 0 Å². The highest BCUT2D eigenvalue weighted by Gasteiger charge is 2.17. The molecule has 0 aliphatic heterocycles. The van der Waals surface area contributed by atoms with Crippen LogP contribution in [0.4, 0.5) is 0 Å². The average Bonchev–Trinajstić information content (AvgIpc) is 2.26. The molecule has 2 aromatic rings. The van der Waals surface area contributed by atoms with Crippen molar-refractivity contribution in [2.24, 2.45) is 0 Å². The van der Waals surface area contributed by atoms with Gasteiger partial charge in [0.25, 0.3) is 0 Å². The van der Waals surface area contributed by atoms with E-state index in [1.54, 1.807) is 6.20 Å². The molecule has 0 saturated carbocycles. The molecule has 0 spiro atoms. The Morgan fingerprint density at radius 2 is 1.58 bits per heavy atom. The molecule has 0 bridgehead atoms. The maximum absolute atomic E-state index is 5.99. The molecule has 0 atom stereocenters. The van der Waals surface area contributed by atoms with Gasteiger partial charge in [0.1, 0.15) is 5.15 Å². The van der Waals surface area contributed by atoms with Crippen molar-refractivity contribution in [2.45, 2.75) is 40.0 Å². The molecule has 1 aromatic carbocycles. The minimum Gasteiger partial charge on any atom is -0.245 e. The maximum atomic E-state index is 5.99. The fraction of sp³-hybridized carbons (Fsp3) is 0.353. The Morgan fingerprint density at radius 3 is 2.05 bits per heavy atom. The summed E-state index contributed by atoms with van der Waals surface area (Å²) in [5.74, 6) is 0. The summed E-state index contributed by atoms with van der Waals surface area (Å²) in [6, 6.07) is 8.49. The topological polar surface area (TPSA) is 12.9 Å². The van der Waals surface area contributed by atoms with Gasteiger partial charge in [-0.25, -0.2) is 4.98 Å². The summed E-state index contributed by atoms with van der Waals surface area (Å²) in [6.45, 7) is 11.0. The van der Waals surface area contributed by atoms with E-state index in [4.69, 9.17) is 11.6 Å².